The van der Waals surface area contributed by atoms with Crippen LogP contribution in [-0.4, -0.2) is 16.7 Å². The lowest BCUT2D eigenvalue weighted by Gasteiger charge is -2.44. The summed E-state index contributed by atoms with van der Waals surface area (Å²) in [5.74, 6) is 0.0276. The predicted octanol–water partition coefficient (Wildman–Crippen LogP) is 5.76. The third-order valence-electron chi connectivity index (χ3n) is 6.33. The molecule has 2 aliphatic rings. The van der Waals surface area contributed by atoms with Crippen LogP contribution in [-0.2, 0) is 15.0 Å². The van der Waals surface area contributed by atoms with Crippen molar-refractivity contribution >= 4 is 11.8 Å². The van der Waals surface area contributed by atoms with E-state index < -0.39 is 0 Å². The van der Waals surface area contributed by atoms with Crippen LogP contribution >= 0.6 is 0 Å². The Hall–Kier alpha value is -1.90. The highest BCUT2D eigenvalue weighted by Crippen LogP contribution is 2.62. The van der Waals surface area contributed by atoms with E-state index >= 15 is 0 Å². The lowest BCUT2D eigenvalue weighted by atomic mass is 9.62. The molecule has 1 aromatic carbocycles. The number of rotatable bonds is 1. The second-order valence-corrected chi connectivity index (χ2v) is 11.6. The van der Waals surface area contributed by atoms with Crippen LogP contribution in [0.25, 0.3) is 0 Å². The van der Waals surface area contributed by atoms with Crippen LogP contribution in [0, 0.1) is 16.7 Å². The van der Waals surface area contributed by atoms with Crippen LogP contribution < -0.4 is 0 Å². The van der Waals surface area contributed by atoms with E-state index in [9.17, 15) is 9.59 Å². The second-order valence-electron chi connectivity index (χ2n) is 11.6. The molecule has 28 heavy (non-hydrogen) atoms. The van der Waals surface area contributed by atoms with Gasteiger partial charge in [0.2, 0.25) is 0 Å². The smallest absolute Gasteiger partial charge is 0.254 e. The summed E-state index contributed by atoms with van der Waals surface area (Å²) in [6, 6.07) is 6.23. The molecule has 1 aromatic rings. The van der Waals surface area contributed by atoms with Gasteiger partial charge in [-0.1, -0.05) is 80.5 Å². The number of hydrogen-bond acceptors (Lipinski definition) is 2. The summed E-state index contributed by atoms with van der Waals surface area (Å²) in [6.45, 7) is 20.3. The van der Waals surface area contributed by atoms with Crippen molar-refractivity contribution in [1.29, 1.82) is 0 Å². The Kier molecular flexibility index (Phi) is 4.69. The summed E-state index contributed by atoms with van der Waals surface area (Å²) in [5, 5.41) is 0. The van der Waals surface area contributed by atoms with Crippen molar-refractivity contribution in [2.45, 2.75) is 79.7 Å². The number of imide groups is 1. The van der Waals surface area contributed by atoms with Crippen LogP contribution in [0.2, 0.25) is 0 Å². The molecule has 0 saturated heterocycles. The van der Waals surface area contributed by atoms with Gasteiger partial charge >= 0.3 is 0 Å². The van der Waals surface area contributed by atoms with Gasteiger partial charge in [-0.15, -0.1) is 0 Å². The zero-order valence-corrected chi connectivity index (χ0v) is 18.9. The minimum Gasteiger partial charge on any atom is -0.269 e. The van der Waals surface area contributed by atoms with E-state index in [-0.39, 0.29) is 45.9 Å². The quantitative estimate of drug-likeness (QED) is 0.580. The molecule has 3 heteroatoms. The maximum Gasteiger partial charge on any atom is 0.254 e. The Bertz CT molecular complexity index is 825. The summed E-state index contributed by atoms with van der Waals surface area (Å²) >= 11 is 0. The molecule has 3 nitrogen and oxygen atoms in total. The molecule has 0 spiro atoms. The van der Waals surface area contributed by atoms with E-state index in [4.69, 9.17) is 0 Å². The van der Waals surface area contributed by atoms with E-state index in [1.807, 2.05) is 0 Å². The maximum absolute atomic E-state index is 12.7. The van der Waals surface area contributed by atoms with Gasteiger partial charge in [-0.3, -0.25) is 14.5 Å². The van der Waals surface area contributed by atoms with Crippen molar-refractivity contribution in [2.75, 3.05) is 0 Å². The average Bonchev–Trinajstić information content (AvgIpc) is 3.02. The third-order valence-corrected chi connectivity index (χ3v) is 6.33. The molecule has 152 valence electrons. The van der Waals surface area contributed by atoms with Gasteiger partial charge in [-0.2, -0.15) is 0 Å². The molecule has 0 unspecified atom stereocenters. The summed E-state index contributed by atoms with van der Waals surface area (Å²) in [4.78, 5) is 26.9. The minimum absolute atomic E-state index is 0.00203. The van der Waals surface area contributed by atoms with E-state index in [0.717, 1.165) is 5.56 Å². The fraction of sp³-hybridized carbons (Fsp3) is 0.600. The SMILES string of the molecule is CC(C)(C)c1cccc2c1[C@H](C(C)(C)C)[C@@H](C(C)(C)C)[C@@H]2N1C(=O)C=CC1=O. The van der Waals surface area contributed by atoms with Gasteiger partial charge in [-0.25, -0.2) is 0 Å². The minimum atomic E-state index is -0.225. The Balaban J connectivity index is 2.35. The largest absolute Gasteiger partial charge is 0.269 e. The summed E-state index contributed by atoms with van der Waals surface area (Å²) < 4.78 is 0. The Morgan fingerprint density at radius 1 is 0.786 bits per heavy atom. The number of nitrogens with zero attached hydrogens (tertiary/aromatic N) is 1. The molecule has 3 atom stereocenters. The Labute approximate surface area is 170 Å². The summed E-state index contributed by atoms with van der Waals surface area (Å²) in [6.07, 6.45) is 2.83. The van der Waals surface area contributed by atoms with Crippen molar-refractivity contribution in [3.63, 3.8) is 0 Å². The number of benzene rings is 1. The molecular formula is C25H35NO2. The van der Waals surface area contributed by atoms with Gasteiger partial charge < -0.3 is 0 Å². The van der Waals surface area contributed by atoms with E-state index in [1.54, 1.807) is 0 Å². The van der Waals surface area contributed by atoms with Crippen molar-refractivity contribution in [3.05, 3.63) is 47.0 Å². The summed E-state index contributed by atoms with van der Waals surface area (Å²) in [5.41, 5.74) is 3.75. The van der Waals surface area contributed by atoms with Gasteiger partial charge in [-0.05, 0) is 44.8 Å². The molecule has 1 aliphatic heterocycles. The molecular weight excluding hydrogens is 346 g/mol. The molecule has 0 bridgehead atoms. The van der Waals surface area contributed by atoms with Crippen LogP contribution in [0.5, 0.6) is 0 Å². The van der Waals surface area contributed by atoms with Crippen molar-refractivity contribution in [3.8, 4) is 0 Å². The van der Waals surface area contributed by atoms with Gasteiger partial charge in [0, 0.05) is 12.2 Å². The molecule has 0 radical (unpaired) electrons. The first kappa shape index (κ1) is 20.8. The molecule has 3 rings (SSSR count). The fourth-order valence-corrected chi connectivity index (χ4v) is 5.33. The molecule has 0 saturated carbocycles. The first-order chi connectivity index (χ1) is 12.7. The topological polar surface area (TPSA) is 37.4 Å². The second kappa shape index (κ2) is 6.30. The Morgan fingerprint density at radius 2 is 1.32 bits per heavy atom. The number of fused-ring (bicyclic) bond motifs is 1. The number of amides is 2. The van der Waals surface area contributed by atoms with Crippen LogP contribution in [0.1, 0.15) is 91.0 Å². The third kappa shape index (κ3) is 3.23. The molecule has 1 aliphatic carbocycles. The predicted molar refractivity (Wildman–Crippen MR) is 114 cm³/mol. The number of carbonyl (C=O) groups excluding carboxylic acids is 2. The fourth-order valence-electron chi connectivity index (χ4n) is 5.33. The average molecular weight is 382 g/mol. The maximum atomic E-state index is 12.7. The standard InChI is InChI=1S/C25H35NO2/c1-23(2,3)16-12-10-11-15-19(16)20(24(4,5)6)21(25(7,8)9)22(15)26-17(27)13-14-18(26)28/h10-14,20-22H,1-9H3/t20-,21+,22+/m0/s1. The van der Waals surface area contributed by atoms with Crippen LogP contribution in [0.3, 0.4) is 0 Å². The Morgan fingerprint density at radius 3 is 1.75 bits per heavy atom. The number of carbonyl (C=O) groups is 2. The highest BCUT2D eigenvalue weighted by Gasteiger charge is 2.55. The summed E-state index contributed by atoms with van der Waals surface area (Å²) in [7, 11) is 0. The zero-order valence-electron chi connectivity index (χ0n) is 18.9. The van der Waals surface area contributed by atoms with Crippen molar-refractivity contribution in [2.24, 2.45) is 16.7 Å². The first-order valence-electron chi connectivity index (χ1n) is 10.3. The molecule has 0 aromatic heterocycles. The first-order valence-corrected chi connectivity index (χ1v) is 10.3. The van der Waals surface area contributed by atoms with Crippen LogP contribution in [0.4, 0.5) is 0 Å². The van der Waals surface area contributed by atoms with E-state index in [2.05, 4.69) is 80.5 Å². The van der Waals surface area contributed by atoms with Gasteiger partial charge in [0.05, 0.1) is 6.04 Å². The highest BCUT2D eigenvalue weighted by atomic mass is 16.2. The molecule has 0 fully saturated rings. The van der Waals surface area contributed by atoms with E-state index in [0.29, 0.717) is 0 Å². The van der Waals surface area contributed by atoms with Gasteiger partial charge in [0.25, 0.3) is 11.8 Å². The van der Waals surface area contributed by atoms with Gasteiger partial charge in [0.15, 0.2) is 0 Å². The van der Waals surface area contributed by atoms with Crippen molar-refractivity contribution < 1.29 is 9.59 Å². The van der Waals surface area contributed by atoms with Crippen molar-refractivity contribution in [1.82, 2.24) is 4.90 Å². The lowest BCUT2D eigenvalue weighted by Crippen LogP contribution is -2.43. The lowest BCUT2D eigenvalue weighted by molar-refractivity contribution is -0.142. The normalized spacial score (nSPS) is 25.6. The van der Waals surface area contributed by atoms with Crippen LogP contribution in [0.15, 0.2) is 30.4 Å². The van der Waals surface area contributed by atoms with Gasteiger partial charge in [0.1, 0.15) is 0 Å². The monoisotopic (exact) mass is 381 g/mol. The molecule has 1 heterocycles. The molecule has 0 N–H and O–H groups in total. The number of hydrogen-bond donors (Lipinski definition) is 0. The molecule has 2 amide bonds. The van der Waals surface area contributed by atoms with E-state index in [1.165, 1.54) is 28.2 Å². The highest BCUT2D eigenvalue weighted by molar-refractivity contribution is 6.13. The zero-order chi connectivity index (χ0) is 21.2.